The van der Waals surface area contributed by atoms with E-state index in [1.807, 2.05) is 6.07 Å². The van der Waals surface area contributed by atoms with Gasteiger partial charge in [0, 0.05) is 5.92 Å². The van der Waals surface area contributed by atoms with Crippen molar-refractivity contribution in [3.05, 3.63) is 118 Å². The highest BCUT2D eigenvalue weighted by Crippen LogP contribution is 2.47. The number of fused-ring (bicyclic) bond motifs is 5. The third-order valence-electron chi connectivity index (χ3n) is 7.44. The highest BCUT2D eigenvalue weighted by atomic mass is 19.2. The summed E-state index contributed by atoms with van der Waals surface area (Å²) in [7, 11) is 0. The van der Waals surface area contributed by atoms with E-state index in [2.05, 4.69) is 68.4 Å². The molecule has 5 aromatic carbocycles. The second-order valence-electron chi connectivity index (χ2n) is 9.62. The summed E-state index contributed by atoms with van der Waals surface area (Å²) in [5.41, 5.74) is 7.74. The van der Waals surface area contributed by atoms with Crippen molar-refractivity contribution in [3.63, 3.8) is 0 Å². The van der Waals surface area contributed by atoms with E-state index in [1.165, 1.54) is 50.0 Å². The first kappa shape index (κ1) is 21.0. The number of hydrogen-bond acceptors (Lipinski definition) is 0. The number of rotatable bonds is 2. The molecule has 0 bridgehead atoms. The van der Waals surface area contributed by atoms with Crippen LogP contribution in [0.2, 0.25) is 0 Å². The van der Waals surface area contributed by atoms with Crippen LogP contribution in [0.3, 0.4) is 0 Å². The van der Waals surface area contributed by atoms with E-state index < -0.39 is 11.6 Å². The van der Waals surface area contributed by atoms with E-state index in [-0.39, 0.29) is 5.92 Å². The van der Waals surface area contributed by atoms with Crippen molar-refractivity contribution >= 4 is 21.5 Å². The van der Waals surface area contributed by atoms with E-state index in [1.54, 1.807) is 12.1 Å². The topological polar surface area (TPSA) is 0 Å². The lowest BCUT2D eigenvalue weighted by Crippen LogP contribution is -2.14. The minimum Gasteiger partial charge on any atom is -0.204 e. The average molecular weight is 449 g/mol. The number of hydrogen-bond donors (Lipinski definition) is 0. The molecular formula is C32H26F2. The van der Waals surface area contributed by atoms with Gasteiger partial charge in [-0.15, -0.1) is 0 Å². The molecule has 0 aromatic heterocycles. The quantitative estimate of drug-likeness (QED) is 0.236. The molecule has 34 heavy (non-hydrogen) atoms. The molecule has 1 atom stereocenters. The molecular weight excluding hydrogens is 422 g/mol. The molecule has 0 fully saturated rings. The summed E-state index contributed by atoms with van der Waals surface area (Å²) in [5.74, 6) is -1.64. The predicted octanol–water partition coefficient (Wildman–Crippen LogP) is 9.02. The summed E-state index contributed by atoms with van der Waals surface area (Å²) in [6.07, 6.45) is 2.72. The van der Waals surface area contributed by atoms with Crippen molar-refractivity contribution in [1.29, 1.82) is 0 Å². The van der Waals surface area contributed by atoms with Gasteiger partial charge in [0.15, 0.2) is 11.6 Å². The van der Waals surface area contributed by atoms with E-state index in [9.17, 15) is 4.39 Å². The van der Waals surface area contributed by atoms with Gasteiger partial charge in [-0.1, -0.05) is 78.4 Å². The summed E-state index contributed by atoms with van der Waals surface area (Å²) in [4.78, 5) is 0. The van der Waals surface area contributed by atoms with Crippen LogP contribution in [0.25, 0.3) is 32.7 Å². The zero-order valence-electron chi connectivity index (χ0n) is 19.5. The van der Waals surface area contributed by atoms with E-state index in [0.29, 0.717) is 5.56 Å². The minimum atomic E-state index is -0.772. The molecule has 5 aromatic rings. The maximum atomic E-state index is 15.0. The molecule has 0 aliphatic heterocycles. The van der Waals surface area contributed by atoms with Crippen LogP contribution in [0.1, 0.15) is 46.6 Å². The Hall–Kier alpha value is -3.52. The zero-order chi connectivity index (χ0) is 23.4. The lowest BCUT2D eigenvalue weighted by Gasteiger charge is -2.30. The molecule has 0 N–H and O–H groups in total. The summed E-state index contributed by atoms with van der Waals surface area (Å²) >= 11 is 0. The van der Waals surface area contributed by atoms with Crippen LogP contribution in [0.4, 0.5) is 8.78 Å². The lowest BCUT2D eigenvalue weighted by atomic mass is 9.74. The molecule has 6 rings (SSSR count). The molecule has 168 valence electrons. The standard InChI is InChI=1S/C32H26F2/c1-19-16-20(2)23-14-15-26-30-22(10-6-11-24(30)25-12-7-13-29(33)32(25)34)18-27(31(26)28(23)17-19)21-8-4-3-5-9-21/h3-5,7-9,12-18,24H,6,10-11H2,1-2H3. The molecule has 0 saturated carbocycles. The fourth-order valence-electron chi connectivity index (χ4n) is 6.02. The van der Waals surface area contributed by atoms with Crippen LogP contribution in [0.5, 0.6) is 0 Å². The predicted molar refractivity (Wildman–Crippen MR) is 138 cm³/mol. The van der Waals surface area contributed by atoms with Crippen LogP contribution < -0.4 is 0 Å². The Kier molecular flexibility index (Phi) is 4.99. The molecule has 0 radical (unpaired) electrons. The Morgan fingerprint density at radius 1 is 0.765 bits per heavy atom. The molecule has 0 heterocycles. The highest BCUT2D eigenvalue weighted by Gasteiger charge is 2.29. The first-order chi connectivity index (χ1) is 16.5. The van der Waals surface area contributed by atoms with Gasteiger partial charge in [0.25, 0.3) is 0 Å². The fourth-order valence-corrected chi connectivity index (χ4v) is 6.02. The van der Waals surface area contributed by atoms with E-state index >= 15 is 4.39 Å². The molecule has 0 nitrogen and oxygen atoms in total. The zero-order valence-corrected chi connectivity index (χ0v) is 19.5. The Morgan fingerprint density at radius 3 is 2.38 bits per heavy atom. The molecule has 1 unspecified atom stereocenters. The van der Waals surface area contributed by atoms with Crippen LogP contribution in [-0.4, -0.2) is 0 Å². The van der Waals surface area contributed by atoms with Gasteiger partial charge < -0.3 is 0 Å². The van der Waals surface area contributed by atoms with Crippen LogP contribution in [-0.2, 0) is 6.42 Å². The van der Waals surface area contributed by atoms with Crippen LogP contribution >= 0.6 is 0 Å². The van der Waals surface area contributed by atoms with E-state index in [0.717, 1.165) is 30.2 Å². The van der Waals surface area contributed by atoms with Crippen molar-refractivity contribution in [2.75, 3.05) is 0 Å². The Morgan fingerprint density at radius 2 is 1.56 bits per heavy atom. The first-order valence-corrected chi connectivity index (χ1v) is 12.0. The Labute approximate surface area is 198 Å². The van der Waals surface area contributed by atoms with Gasteiger partial charge in [0.1, 0.15) is 0 Å². The molecule has 2 heteroatoms. The third kappa shape index (κ3) is 3.24. The lowest BCUT2D eigenvalue weighted by molar-refractivity contribution is 0.485. The summed E-state index contributed by atoms with van der Waals surface area (Å²) in [5, 5.41) is 4.82. The average Bonchev–Trinajstić information content (AvgIpc) is 2.85. The summed E-state index contributed by atoms with van der Waals surface area (Å²) in [6.45, 7) is 4.30. The highest BCUT2D eigenvalue weighted by molar-refractivity contribution is 6.16. The minimum absolute atomic E-state index is 0.157. The van der Waals surface area contributed by atoms with Gasteiger partial charge in [0.05, 0.1) is 0 Å². The Bertz CT molecular complexity index is 1560. The summed E-state index contributed by atoms with van der Waals surface area (Å²) in [6, 6.07) is 26.3. The van der Waals surface area contributed by atoms with Crippen molar-refractivity contribution in [3.8, 4) is 11.1 Å². The Balaban J connectivity index is 1.76. The molecule has 0 spiro atoms. The first-order valence-electron chi connectivity index (χ1n) is 12.0. The number of benzene rings is 5. The second-order valence-corrected chi connectivity index (χ2v) is 9.62. The monoisotopic (exact) mass is 448 g/mol. The smallest absolute Gasteiger partial charge is 0.162 e. The largest absolute Gasteiger partial charge is 0.204 e. The van der Waals surface area contributed by atoms with Crippen molar-refractivity contribution in [1.82, 2.24) is 0 Å². The molecule has 1 aliphatic carbocycles. The molecule has 0 saturated heterocycles. The van der Waals surface area contributed by atoms with E-state index in [4.69, 9.17) is 0 Å². The molecule has 1 aliphatic rings. The van der Waals surface area contributed by atoms with Crippen molar-refractivity contribution < 1.29 is 8.78 Å². The van der Waals surface area contributed by atoms with Crippen LogP contribution in [0, 0.1) is 25.5 Å². The van der Waals surface area contributed by atoms with Gasteiger partial charge in [-0.3, -0.25) is 0 Å². The fraction of sp³-hybridized carbons (Fsp3) is 0.188. The van der Waals surface area contributed by atoms with Gasteiger partial charge in [-0.25, -0.2) is 8.78 Å². The van der Waals surface area contributed by atoms with Crippen LogP contribution in [0.15, 0.2) is 78.9 Å². The number of aryl methyl sites for hydroxylation is 3. The second kappa shape index (κ2) is 8.06. The van der Waals surface area contributed by atoms with Gasteiger partial charge >= 0.3 is 0 Å². The van der Waals surface area contributed by atoms with Gasteiger partial charge in [0.2, 0.25) is 0 Å². The third-order valence-corrected chi connectivity index (χ3v) is 7.44. The number of halogens is 2. The molecule has 0 amide bonds. The van der Waals surface area contributed by atoms with Gasteiger partial charge in [-0.05, 0) is 94.1 Å². The summed E-state index contributed by atoms with van der Waals surface area (Å²) < 4.78 is 29.2. The van der Waals surface area contributed by atoms with Gasteiger partial charge in [-0.2, -0.15) is 0 Å². The normalized spacial score (nSPS) is 15.6. The maximum Gasteiger partial charge on any atom is 0.162 e. The van der Waals surface area contributed by atoms with Crippen molar-refractivity contribution in [2.24, 2.45) is 0 Å². The SMILES string of the molecule is Cc1cc(C)c2ccc3c4c(cc(-c5ccccc5)c3c2c1)CCCC4c1cccc(F)c1F. The maximum absolute atomic E-state index is 15.0. The van der Waals surface area contributed by atoms with Crippen molar-refractivity contribution in [2.45, 2.75) is 39.0 Å².